The van der Waals surface area contributed by atoms with Crippen LogP contribution in [0.3, 0.4) is 0 Å². The van der Waals surface area contributed by atoms with Gasteiger partial charge in [0.15, 0.2) is 4.77 Å². The van der Waals surface area contributed by atoms with Crippen molar-refractivity contribution in [2.45, 2.75) is 38.6 Å². The third-order valence-electron chi connectivity index (χ3n) is 3.02. The van der Waals surface area contributed by atoms with E-state index in [1.807, 2.05) is 21.6 Å². The van der Waals surface area contributed by atoms with E-state index in [0.717, 1.165) is 11.5 Å². The Morgan fingerprint density at radius 2 is 2.24 bits per heavy atom. The van der Waals surface area contributed by atoms with E-state index in [1.165, 1.54) is 12.8 Å². The molecule has 0 atom stereocenters. The first-order valence-electron chi connectivity index (χ1n) is 5.88. The average molecular weight is 249 g/mol. The minimum atomic E-state index is 0.356. The molecule has 0 amide bonds. The number of H-pyrrole nitrogens is 1. The molecule has 0 aromatic carbocycles. The molecular weight excluding hydrogens is 234 g/mol. The van der Waals surface area contributed by atoms with Crippen LogP contribution in [0, 0.1) is 4.77 Å². The molecule has 90 valence electrons. The first kappa shape index (κ1) is 10.7. The fourth-order valence-electron chi connectivity index (χ4n) is 1.90. The molecule has 0 aliphatic heterocycles. The van der Waals surface area contributed by atoms with Crippen molar-refractivity contribution >= 4 is 12.2 Å². The third-order valence-corrected chi connectivity index (χ3v) is 3.29. The second kappa shape index (κ2) is 3.80. The van der Waals surface area contributed by atoms with Crippen LogP contribution in [-0.2, 0) is 0 Å². The lowest BCUT2D eigenvalue weighted by atomic mass is 10.4. The molecule has 0 saturated heterocycles. The van der Waals surface area contributed by atoms with Gasteiger partial charge in [-0.2, -0.15) is 10.2 Å². The SMILES string of the molecule is CC(C)n1cc(-n2c(C3CC3)n[nH]c2=S)cn1. The highest BCUT2D eigenvalue weighted by molar-refractivity contribution is 7.71. The van der Waals surface area contributed by atoms with Crippen molar-refractivity contribution in [1.29, 1.82) is 0 Å². The zero-order chi connectivity index (χ0) is 12.0. The summed E-state index contributed by atoms with van der Waals surface area (Å²) in [5.74, 6) is 1.60. The maximum absolute atomic E-state index is 5.28. The van der Waals surface area contributed by atoms with Crippen LogP contribution in [-0.4, -0.2) is 24.5 Å². The van der Waals surface area contributed by atoms with Crippen molar-refractivity contribution in [3.63, 3.8) is 0 Å². The lowest BCUT2D eigenvalue weighted by molar-refractivity contribution is 0.532. The zero-order valence-electron chi connectivity index (χ0n) is 9.92. The lowest BCUT2D eigenvalue weighted by Gasteiger charge is -2.04. The number of nitrogens with zero attached hydrogens (tertiary/aromatic N) is 4. The topological polar surface area (TPSA) is 51.4 Å². The summed E-state index contributed by atoms with van der Waals surface area (Å²) >= 11 is 5.28. The molecule has 1 aliphatic carbocycles. The van der Waals surface area contributed by atoms with Gasteiger partial charge < -0.3 is 0 Å². The number of aromatic nitrogens is 5. The van der Waals surface area contributed by atoms with Crippen LogP contribution in [0.2, 0.25) is 0 Å². The monoisotopic (exact) mass is 249 g/mol. The smallest absolute Gasteiger partial charge is 0.199 e. The Morgan fingerprint density at radius 3 is 2.82 bits per heavy atom. The molecule has 0 spiro atoms. The fourth-order valence-corrected chi connectivity index (χ4v) is 2.14. The molecule has 2 aromatic rings. The molecule has 5 nitrogen and oxygen atoms in total. The highest BCUT2D eigenvalue weighted by atomic mass is 32.1. The van der Waals surface area contributed by atoms with Gasteiger partial charge in [-0.15, -0.1) is 0 Å². The van der Waals surface area contributed by atoms with Gasteiger partial charge in [0.2, 0.25) is 0 Å². The largest absolute Gasteiger partial charge is 0.269 e. The van der Waals surface area contributed by atoms with E-state index in [4.69, 9.17) is 12.2 Å². The molecule has 1 N–H and O–H groups in total. The molecule has 0 unspecified atom stereocenters. The Hall–Kier alpha value is -1.43. The number of nitrogens with one attached hydrogen (secondary N) is 1. The molecule has 1 saturated carbocycles. The van der Waals surface area contributed by atoms with Gasteiger partial charge in [0, 0.05) is 18.2 Å². The molecule has 3 rings (SSSR count). The van der Waals surface area contributed by atoms with Crippen molar-refractivity contribution in [2.24, 2.45) is 0 Å². The van der Waals surface area contributed by atoms with E-state index in [-0.39, 0.29) is 0 Å². The van der Waals surface area contributed by atoms with Gasteiger partial charge in [0.1, 0.15) is 5.82 Å². The number of hydrogen-bond donors (Lipinski definition) is 1. The summed E-state index contributed by atoms with van der Waals surface area (Å²) in [5.41, 5.74) is 0.999. The highest BCUT2D eigenvalue weighted by Crippen LogP contribution is 2.39. The summed E-state index contributed by atoms with van der Waals surface area (Å²) in [7, 11) is 0. The number of rotatable bonds is 3. The van der Waals surface area contributed by atoms with Gasteiger partial charge in [-0.3, -0.25) is 14.3 Å². The Labute approximate surface area is 104 Å². The molecular formula is C11H15N5S. The molecule has 1 fully saturated rings. The summed E-state index contributed by atoms with van der Waals surface area (Å²) in [6, 6.07) is 0.356. The van der Waals surface area contributed by atoms with Crippen molar-refractivity contribution in [1.82, 2.24) is 24.5 Å². The minimum absolute atomic E-state index is 0.356. The van der Waals surface area contributed by atoms with E-state index in [1.54, 1.807) is 0 Å². The molecule has 2 aromatic heterocycles. The molecule has 1 aliphatic rings. The summed E-state index contributed by atoms with van der Waals surface area (Å²) < 4.78 is 4.58. The first-order valence-corrected chi connectivity index (χ1v) is 6.29. The van der Waals surface area contributed by atoms with Crippen LogP contribution < -0.4 is 0 Å². The van der Waals surface area contributed by atoms with E-state index >= 15 is 0 Å². The van der Waals surface area contributed by atoms with E-state index in [0.29, 0.717) is 16.7 Å². The van der Waals surface area contributed by atoms with Crippen molar-refractivity contribution in [3.05, 3.63) is 23.0 Å². The van der Waals surface area contributed by atoms with Gasteiger partial charge >= 0.3 is 0 Å². The van der Waals surface area contributed by atoms with Crippen LogP contribution in [0.15, 0.2) is 12.4 Å². The normalized spacial score (nSPS) is 15.7. The maximum atomic E-state index is 5.28. The predicted molar refractivity (Wildman–Crippen MR) is 66.9 cm³/mol. The third kappa shape index (κ3) is 1.82. The van der Waals surface area contributed by atoms with Crippen LogP contribution in [0.4, 0.5) is 0 Å². The Kier molecular flexibility index (Phi) is 2.39. The summed E-state index contributed by atoms with van der Waals surface area (Å²) in [5, 5.41) is 11.5. The van der Waals surface area contributed by atoms with Crippen molar-refractivity contribution in [2.75, 3.05) is 0 Å². The number of aromatic amines is 1. The molecule has 0 radical (unpaired) electrons. The first-order chi connectivity index (χ1) is 8.16. The second-order valence-electron chi connectivity index (χ2n) is 4.77. The maximum Gasteiger partial charge on any atom is 0.199 e. The van der Waals surface area contributed by atoms with E-state index < -0.39 is 0 Å². The molecule has 0 bridgehead atoms. The van der Waals surface area contributed by atoms with Crippen LogP contribution in [0.1, 0.15) is 44.5 Å². The fraction of sp³-hybridized carbons (Fsp3) is 0.545. The van der Waals surface area contributed by atoms with Crippen LogP contribution in [0.25, 0.3) is 5.69 Å². The Balaban J connectivity index is 2.07. The standard InChI is InChI=1S/C11H15N5S/c1-7(2)15-6-9(5-12-15)16-10(8-3-4-8)13-14-11(16)17/h5-8H,3-4H2,1-2H3,(H,14,17). The van der Waals surface area contributed by atoms with Gasteiger partial charge in [0.05, 0.1) is 11.9 Å². The van der Waals surface area contributed by atoms with Gasteiger partial charge in [-0.1, -0.05) is 0 Å². The van der Waals surface area contributed by atoms with Crippen molar-refractivity contribution < 1.29 is 0 Å². The van der Waals surface area contributed by atoms with E-state index in [9.17, 15) is 0 Å². The quantitative estimate of drug-likeness (QED) is 0.851. The minimum Gasteiger partial charge on any atom is -0.269 e. The Morgan fingerprint density at radius 1 is 1.47 bits per heavy atom. The second-order valence-corrected chi connectivity index (χ2v) is 5.16. The molecule has 2 heterocycles. The number of hydrogen-bond acceptors (Lipinski definition) is 3. The molecule has 17 heavy (non-hydrogen) atoms. The predicted octanol–water partition coefficient (Wildman–Crippen LogP) is 2.58. The van der Waals surface area contributed by atoms with Crippen LogP contribution in [0.5, 0.6) is 0 Å². The molecule has 6 heteroatoms. The van der Waals surface area contributed by atoms with Gasteiger partial charge in [-0.05, 0) is 38.9 Å². The van der Waals surface area contributed by atoms with Gasteiger partial charge in [0.25, 0.3) is 0 Å². The summed E-state index contributed by atoms with van der Waals surface area (Å²) in [6.07, 6.45) is 6.27. The van der Waals surface area contributed by atoms with Crippen LogP contribution >= 0.6 is 12.2 Å². The highest BCUT2D eigenvalue weighted by Gasteiger charge is 2.29. The summed E-state index contributed by atoms with van der Waals surface area (Å²) in [4.78, 5) is 0. The van der Waals surface area contributed by atoms with Gasteiger partial charge in [-0.25, -0.2) is 0 Å². The summed E-state index contributed by atoms with van der Waals surface area (Å²) in [6.45, 7) is 4.21. The zero-order valence-corrected chi connectivity index (χ0v) is 10.7. The van der Waals surface area contributed by atoms with Crippen molar-refractivity contribution in [3.8, 4) is 5.69 Å². The average Bonchev–Trinajstić information content (AvgIpc) is 2.88. The van der Waals surface area contributed by atoms with E-state index in [2.05, 4.69) is 29.1 Å². The lowest BCUT2D eigenvalue weighted by Crippen LogP contribution is -2.01. The Bertz CT molecular complexity index is 587.